The average Bonchev–Trinajstić information content (AvgIpc) is 3.19. The SMILES string of the molecule is COc1cc(C2(C(=O)Nc3ccc(OCC(=O)O)cc3C)CCCC2)ccc1C. The van der Waals surface area contributed by atoms with Crippen molar-refractivity contribution in [2.45, 2.75) is 44.9 Å². The molecule has 0 aromatic heterocycles. The van der Waals surface area contributed by atoms with E-state index in [-0.39, 0.29) is 5.91 Å². The summed E-state index contributed by atoms with van der Waals surface area (Å²) in [6.07, 6.45) is 3.60. The van der Waals surface area contributed by atoms with Crippen LogP contribution in [0, 0.1) is 13.8 Å². The Balaban J connectivity index is 1.84. The van der Waals surface area contributed by atoms with Crippen LogP contribution in [0.1, 0.15) is 42.4 Å². The number of hydrogen-bond acceptors (Lipinski definition) is 4. The summed E-state index contributed by atoms with van der Waals surface area (Å²) in [6, 6.07) is 11.2. The molecule has 2 N–H and O–H groups in total. The molecular weight excluding hydrogens is 370 g/mol. The highest BCUT2D eigenvalue weighted by atomic mass is 16.5. The number of aryl methyl sites for hydroxylation is 2. The van der Waals surface area contributed by atoms with Gasteiger partial charge in [0, 0.05) is 5.69 Å². The van der Waals surface area contributed by atoms with Gasteiger partial charge < -0.3 is 19.9 Å². The highest BCUT2D eigenvalue weighted by molar-refractivity contribution is 6.00. The molecule has 0 heterocycles. The first kappa shape index (κ1) is 20.7. The number of hydrogen-bond donors (Lipinski definition) is 2. The van der Waals surface area contributed by atoms with Gasteiger partial charge in [-0.25, -0.2) is 4.79 Å². The summed E-state index contributed by atoms with van der Waals surface area (Å²) in [5.74, 6) is 0.194. The Kier molecular flexibility index (Phi) is 6.11. The number of nitrogens with one attached hydrogen (secondary N) is 1. The van der Waals surface area contributed by atoms with E-state index in [2.05, 4.69) is 5.32 Å². The van der Waals surface area contributed by atoms with Crippen LogP contribution in [0.25, 0.3) is 0 Å². The Labute approximate surface area is 170 Å². The van der Waals surface area contributed by atoms with E-state index in [9.17, 15) is 9.59 Å². The minimum Gasteiger partial charge on any atom is -0.496 e. The lowest BCUT2D eigenvalue weighted by molar-refractivity contribution is -0.139. The van der Waals surface area contributed by atoms with Gasteiger partial charge in [-0.2, -0.15) is 0 Å². The number of anilines is 1. The maximum atomic E-state index is 13.4. The topological polar surface area (TPSA) is 84.9 Å². The molecule has 3 rings (SSSR count). The summed E-state index contributed by atoms with van der Waals surface area (Å²) in [5.41, 5.74) is 2.96. The molecule has 0 unspecified atom stereocenters. The van der Waals surface area contributed by atoms with Gasteiger partial charge in [0.25, 0.3) is 0 Å². The number of aliphatic carboxylic acids is 1. The molecule has 1 amide bonds. The fourth-order valence-electron chi connectivity index (χ4n) is 4.00. The van der Waals surface area contributed by atoms with Crippen molar-refractivity contribution in [3.05, 3.63) is 53.1 Å². The summed E-state index contributed by atoms with van der Waals surface area (Å²) in [6.45, 7) is 3.45. The third kappa shape index (κ3) is 4.36. The van der Waals surface area contributed by atoms with Gasteiger partial charge in [0.15, 0.2) is 6.61 Å². The van der Waals surface area contributed by atoms with Gasteiger partial charge in [0.05, 0.1) is 12.5 Å². The normalized spacial score (nSPS) is 15.0. The van der Waals surface area contributed by atoms with Crippen LogP contribution in [0.15, 0.2) is 36.4 Å². The number of ether oxygens (including phenoxy) is 2. The molecule has 0 radical (unpaired) electrons. The third-order valence-electron chi connectivity index (χ3n) is 5.66. The lowest BCUT2D eigenvalue weighted by atomic mass is 9.77. The molecule has 2 aromatic carbocycles. The van der Waals surface area contributed by atoms with Gasteiger partial charge in [-0.3, -0.25) is 4.79 Å². The second-order valence-electron chi connectivity index (χ2n) is 7.59. The summed E-state index contributed by atoms with van der Waals surface area (Å²) >= 11 is 0. The van der Waals surface area contributed by atoms with Crippen LogP contribution in [0.2, 0.25) is 0 Å². The van der Waals surface area contributed by atoms with E-state index >= 15 is 0 Å². The van der Waals surface area contributed by atoms with Crippen LogP contribution in [0.3, 0.4) is 0 Å². The Morgan fingerprint density at radius 1 is 1.07 bits per heavy atom. The molecule has 0 bridgehead atoms. The predicted molar refractivity (Wildman–Crippen MR) is 111 cm³/mol. The van der Waals surface area contributed by atoms with Crippen molar-refractivity contribution >= 4 is 17.6 Å². The molecule has 6 heteroatoms. The molecule has 1 aliphatic carbocycles. The maximum absolute atomic E-state index is 13.4. The molecule has 0 spiro atoms. The largest absolute Gasteiger partial charge is 0.496 e. The number of amides is 1. The predicted octanol–water partition coefficient (Wildman–Crippen LogP) is 4.23. The number of carboxylic acid groups (broad SMARTS) is 1. The van der Waals surface area contributed by atoms with E-state index < -0.39 is 18.0 Å². The van der Waals surface area contributed by atoms with Crippen LogP contribution in [-0.4, -0.2) is 30.7 Å². The molecule has 2 aromatic rings. The monoisotopic (exact) mass is 397 g/mol. The standard InChI is InChI=1S/C23H27NO5/c1-15-6-7-17(13-20(15)28-3)23(10-4-5-11-23)22(27)24-19-9-8-18(12-16(19)2)29-14-21(25)26/h6-9,12-13H,4-5,10-11,14H2,1-3H3,(H,24,27)(H,25,26). The molecule has 154 valence electrons. The highest BCUT2D eigenvalue weighted by Crippen LogP contribution is 2.43. The van der Waals surface area contributed by atoms with Crippen molar-refractivity contribution < 1.29 is 24.2 Å². The maximum Gasteiger partial charge on any atom is 0.341 e. The van der Waals surface area contributed by atoms with E-state index in [1.54, 1.807) is 25.3 Å². The second kappa shape index (κ2) is 8.55. The zero-order valence-corrected chi connectivity index (χ0v) is 17.1. The molecule has 0 atom stereocenters. The van der Waals surface area contributed by atoms with Gasteiger partial charge in [-0.05, 0) is 67.6 Å². The summed E-state index contributed by atoms with van der Waals surface area (Å²) in [7, 11) is 1.64. The zero-order chi connectivity index (χ0) is 21.0. The Morgan fingerprint density at radius 3 is 2.41 bits per heavy atom. The Hall–Kier alpha value is -3.02. The van der Waals surface area contributed by atoms with Crippen molar-refractivity contribution in [1.82, 2.24) is 0 Å². The molecule has 1 aliphatic rings. The van der Waals surface area contributed by atoms with Crippen LogP contribution in [0.4, 0.5) is 5.69 Å². The van der Waals surface area contributed by atoms with E-state index in [0.29, 0.717) is 11.4 Å². The van der Waals surface area contributed by atoms with Crippen LogP contribution in [0.5, 0.6) is 11.5 Å². The van der Waals surface area contributed by atoms with Gasteiger partial charge >= 0.3 is 5.97 Å². The van der Waals surface area contributed by atoms with Crippen molar-refractivity contribution in [2.75, 3.05) is 19.0 Å². The molecular formula is C23H27NO5. The highest BCUT2D eigenvalue weighted by Gasteiger charge is 2.43. The Bertz CT molecular complexity index is 915. The molecule has 0 aliphatic heterocycles. The smallest absolute Gasteiger partial charge is 0.341 e. The minimum atomic E-state index is -1.03. The van der Waals surface area contributed by atoms with Crippen LogP contribution < -0.4 is 14.8 Å². The third-order valence-corrected chi connectivity index (χ3v) is 5.66. The van der Waals surface area contributed by atoms with E-state index in [1.165, 1.54) is 0 Å². The first-order valence-electron chi connectivity index (χ1n) is 9.77. The number of carboxylic acids is 1. The summed E-state index contributed by atoms with van der Waals surface area (Å²) in [5, 5.41) is 11.8. The van der Waals surface area contributed by atoms with Crippen molar-refractivity contribution in [3.63, 3.8) is 0 Å². The van der Waals surface area contributed by atoms with Crippen LogP contribution in [-0.2, 0) is 15.0 Å². The molecule has 29 heavy (non-hydrogen) atoms. The molecule has 0 saturated heterocycles. The summed E-state index contributed by atoms with van der Waals surface area (Å²) in [4.78, 5) is 24.1. The molecule has 1 saturated carbocycles. The summed E-state index contributed by atoms with van der Waals surface area (Å²) < 4.78 is 10.7. The lowest BCUT2D eigenvalue weighted by Crippen LogP contribution is -2.38. The van der Waals surface area contributed by atoms with E-state index in [1.807, 2.05) is 32.0 Å². The fourth-order valence-corrected chi connectivity index (χ4v) is 4.00. The first-order chi connectivity index (χ1) is 13.9. The van der Waals surface area contributed by atoms with Crippen molar-refractivity contribution in [1.29, 1.82) is 0 Å². The van der Waals surface area contributed by atoms with Gasteiger partial charge in [-0.1, -0.05) is 25.0 Å². The van der Waals surface area contributed by atoms with Gasteiger partial charge in [0.2, 0.25) is 5.91 Å². The average molecular weight is 397 g/mol. The van der Waals surface area contributed by atoms with Crippen molar-refractivity contribution in [2.24, 2.45) is 0 Å². The first-order valence-corrected chi connectivity index (χ1v) is 9.77. The number of rotatable bonds is 7. The Morgan fingerprint density at radius 2 is 1.79 bits per heavy atom. The molecule has 1 fully saturated rings. The van der Waals surface area contributed by atoms with Gasteiger partial charge in [0.1, 0.15) is 11.5 Å². The zero-order valence-electron chi connectivity index (χ0n) is 17.1. The number of benzene rings is 2. The number of methoxy groups -OCH3 is 1. The van der Waals surface area contributed by atoms with Gasteiger partial charge in [-0.15, -0.1) is 0 Å². The van der Waals surface area contributed by atoms with Crippen LogP contribution >= 0.6 is 0 Å². The quantitative estimate of drug-likeness (QED) is 0.730. The minimum absolute atomic E-state index is 0.0248. The van der Waals surface area contributed by atoms with Crippen molar-refractivity contribution in [3.8, 4) is 11.5 Å². The lowest BCUT2D eigenvalue weighted by Gasteiger charge is -2.29. The second-order valence-corrected chi connectivity index (χ2v) is 7.59. The number of carbonyl (C=O) groups excluding carboxylic acids is 1. The van der Waals surface area contributed by atoms with E-state index in [0.717, 1.165) is 48.1 Å². The fraction of sp³-hybridized carbons (Fsp3) is 0.391. The molecule has 6 nitrogen and oxygen atoms in total. The van der Waals surface area contributed by atoms with E-state index in [4.69, 9.17) is 14.6 Å². The number of carbonyl (C=O) groups is 2.